The van der Waals surface area contributed by atoms with Gasteiger partial charge in [-0.2, -0.15) is 0 Å². The van der Waals surface area contributed by atoms with E-state index in [0.717, 1.165) is 29.6 Å². The number of rotatable bonds is 5. The van der Waals surface area contributed by atoms with E-state index in [0.29, 0.717) is 31.0 Å². The molecular formula is C26H35IN6O3. The minimum Gasteiger partial charge on any atom is -0.341 e. The quantitative estimate of drug-likeness (QED) is 0.400. The normalized spacial score (nSPS) is 17.5. The number of piperidine rings is 1. The molecule has 1 atom stereocenters. The SMILES string of the molecule is Cc1ncc2n1CCN(C1CCN(C(=O)[C@H](NC(=O)Nc3ccc(CI)cc3)C(C)(C)C)CC1)C2=O. The van der Waals surface area contributed by atoms with Gasteiger partial charge in [0, 0.05) is 42.3 Å². The van der Waals surface area contributed by atoms with Crippen LogP contribution in [0.1, 0.15) is 55.5 Å². The smallest absolute Gasteiger partial charge is 0.319 e. The van der Waals surface area contributed by atoms with Crippen molar-refractivity contribution < 1.29 is 14.4 Å². The van der Waals surface area contributed by atoms with E-state index < -0.39 is 17.5 Å². The third-order valence-corrected chi connectivity index (χ3v) is 7.95. The van der Waals surface area contributed by atoms with Gasteiger partial charge < -0.3 is 25.0 Å². The Hall–Kier alpha value is -2.63. The molecule has 1 fully saturated rings. The number of nitrogens with zero attached hydrogens (tertiary/aromatic N) is 4. The number of hydrogen-bond acceptors (Lipinski definition) is 4. The van der Waals surface area contributed by atoms with Gasteiger partial charge in [0.15, 0.2) is 0 Å². The topological polar surface area (TPSA) is 99.6 Å². The number of amides is 4. The van der Waals surface area contributed by atoms with E-state index in [-0.39, 0.29) is 17.9 Å². The van der Waals surface area contributed by atoms with E-state index in [1.54, 1.807) is 6.20 Å². The van der Waals surface area contributed by atoms with Gasteiger partial charge in [-0.25, -0.2) is 9.78 Å². The standard InChI is InChI=1S/C26H35IN6O3/c1-17-28-16-21-23(34)33(14-13-32(17)21)20-9-11-31(12-10-20)24(35)22(26(2,3)4)30-25(36)29-19-7-5-18(15-27)6-8-19/h5-8,16,20,22H,9-15H2,1-4H3,(H2,29,30,36)/t22-/m0/s1. The molecule has 36 heavy (non-hydrogen) atoms. The number of carbonyl (C=O) groups excluding carboxylic acids is 3. The maximum atomic E-state index is 13.5. The van der Waals surface area contributed by atoms with Crippen molar-refractivity contribution in [2.45, 2.75) is 63.6 Å². The van der Waals surface area contributed by atoms with Gasteiger partial charge in [-0.15, -0.1) is 0 Å². The van der Waals surface area contributed by atoms with Gasteiger partial charge in [-0.3, -0.25) is 9.59 Å². The Bertz CT molecular complexity index is 1120. The molecule has 0 aliphatic carbocycles. The summed E-state index contributed by atoms with van der Waals surface area (Å²) in [6.45, 7) is 10.3. The van der Waals surface area contributed by atoms with Crippen molar-refractivity contribution in [1.82, 2.24) is 24.7 Å². The average Bonchev–Trinajstić information content (AvgIpc) is 3.24. The second-order valence-corrected chi connectivity index (χ2v) is 11.4. The highest BCUT2D eigenvalue weighted by molar-refractivity contribution is 14.1. The van der Waals surface area contributed by atoms with Crippen molar-refractivity contribution >= 4 is 46.1 Å². The molecule has 0 radical (unpaired) electrons. The minimum absolute atomic E-state index is 0.0176. The van der Waals surface area contributed by atoms with Crippen LogP contribution in [0, 0.1) is 12.3 Å². The molecule has 1 aromatic carbocycles. The van der Waals surface area contributed by atoms with Gasteiger partial charge >= 0.3 is 6.03 Å². The lowest BCUT2D eigenvalue weighted by molar-refractivity contribution is -0.137. The number of alkyl halides is 1. The summed E-state index contributed by atoms with van der Waals surface area (Å²) < 4.78 is 2.87. The summed E-state index contributed by atoms with van der Waals surface area (Å²) in [6.07, 6.45) is 3.10. The highest BCUT2D eigenvalue weighted by atomic mass is 127. The summed E-state index contributed by atoms with van der Waals surface area (Å²) in [4.78, 5) is 47.4. The Morgan fingerprint density at radius 3 is 2.39 bits per heavy atom. The van der Waals surface area contributed by atoms with Gasteiger partial charge in [0.05, 0.1) is 6.20 Å². The summed E-state index contributed by atoms with van der Waals surface area (Å²) in [5, 5.41) is 5.75. The number of hydrogen-bond donors (Lipinski definition) is 2. The van der Waals surface area contributed by atoms with Crippen LogP contribution in [-0.2, 0) is 15.8 Å². The summed E-state index contributed by atoms with van der Waals surface area (Å²) in [5.74, 6) is 0.792. The van der Waals surface area contributed by atoms with Gasteiger partial charge in [0.25, 0.3) is 5.91 Å². The third-order valence-electron chi connectivity index (χ3n) is 7.07. The van der Waals surface area contributed by atoms with Gasteiger partial charge in [-0.05, 0) is 42.9 Å². The van der Waals surface area contributed by atoms with Crippen LogP contribution in [0.15, 0.2) is 30.5 Å². The molecule has 1 saturated heterocycles. The van der Waals surface area contributed by atoms with Crippen LogP contribution in [0.25, 0.3) is 0 Å². The van der Waals surface area contributed by atoms with Gasteiger partial charge in [-0.1, -0.05) is 55.5 Å². The maximum absolute atomic E-state index is 13.5. The molecule has 0 spiro atoms. The monoisotopic (exact) mass is 606 g/mol. The largest absolute Gasteiger partial charge is 0.341 e. The molecule has 2 aromatic rings. The zero-order chi connectivity index (χ0) is 26.0. The molecular weight excluding hydrogens is 571 g/mol. The third kappa shape index (κ3) is 5.68. The summed E-state index contributed by atoms with van der Waals surface area (Å²) >= 11 is 2.29. The Morgan fingerprint density at radius 1 is 1.11 bits per heavy atom. The maximum Gasteiger partial charge on any atom is 0.319 e. The summed E-state index contributed by atoms with van der Waals surface area (Å²) in [5.41, 5.74) is 2.05. The molecule has 4 amide bonds. The van der Waals surface area contributed by atoms with Crippen LogP contribution < -0.4 is 10.6 Å². The lowest BCUT2D eigenvalue weighted by atomic mass is 9.85. The number of carbonyl (C=O) groups is 3. The number of benzene rings is 1. The minimum atomic E-state index is -0.670. The second kappa shape index (κ2) is 10.8. The van der Waals surface area contributed by atoms with E-state index >= 15 is 0 Å². The lowest BCUT2D eigenvalue weighted by Crippen LogP contribution is -2.58. The fourth-order valence-corrected chi connectivity index (χ4v) is 5.44. The second-order valence-electron chi connectivity index (χ2n) is 10.6. The number of aryl methyl sites for hydroxylation is 1. The van der Waals surface area contributed by atoms with Gasteiger partial charge in [0.1, 0.15) is 17.6 Å². The van der Waals surface area contributed by atoms with Crippen LogP contribution in [0.5, 0.6) is 0 Å². The summed E-state index contributed by atoms with van der Waals surface area (Å²) in [7, 11) is 0. The van der Waals surface area contributed by atoms with Crippen LogP contribution in [0.2, 0.25) is 0 Å². The first-order chi connectivity index (χ1) is 17.1. The lowest BCUT2D eigenvalue weighted by Gasteiger charge is -2.42. The van der Waals surface area contributed by atoms with Crippen molar-refractivity contribution in [3.05, 3.63) is 47.5 Å². The first-order valence-electron chi connectivity index (χ1n) is 12.4. The van der Waals surface area contributed by atoms with Crippen molar-refractivity contribution in [1.29, 1.82) is 0 Å². The number of aromatic nitrogens is 2. The van der Waals surface area contributed by atoms with Crippen LogP contribution >= 0.6 is 22.6 Å². The Morgan fingerprint density at radius 2 is 1.78 bits per heavy atom. The van der Waals surface area contributed by atoms with Crippen LogP contribution in [0.4, 0.5) is 10.5 Å². The molecule has 2 aliphatic heterocycles. The molecule has 10 heteroatoms. The van der Waals surface area contributed by atoms with E-state index in [2.05, 4.69) is 38.2 Å². The Kier molecular flexibility index (Phi) is 7.91. The number of halogens is 1. The average molecular weight is 607 g/mol. The molecule has 0 bridgehead atoms. The number of anilines is 1. The highest BCUT2D eigenvalue weighted by Gasteiger charge is 2.39. The number of imidazole rings is 1. The van der Waals surface area contributed by atoms with Crippen LogP contribution in [-0.4, -0.2) is 68.9 Å². The van der Waals surface area contributed by atoms with Crippen molar-refractivity contribution in [3.8, 4) is 0 Å². The van der Waals surface area contributed by atoms with E-state index in [4.69, 9.17) is 0 Å². The van der Waals surface area contributed by atoms with Crippen molar-refractivity contribution in [3.63, 3.8) is 0 Å². The number of nitrogens with one attached hydrogen (secondary N) is 2. The van der Waals surface area contributed by atoms with E-state index in [9.17, 15) is 14.4 Å². The molecule has 1 aromatic heterocycles. The fraction of sp³-hybridized carbons (Fsp3) is 0.538. The molecule has 0 saturated carbocycles. The van der Waals surface area contributed by atoms with E-state index in [1.807, 2.05) is 66.3 Å². The number of fused-ring (bicyclic) bond motifs is 1. The number of urea groups is 1. The molecule has 2 N–H and O–H groups in total. The van der Waals surface area contributed by atoms with Gasteiger partial charge in [0.2, 0.25) is 5.91 Å². The molecule has 4 rings (SSSR count). The molecule has 9 nitrogen and oxygen atoms in total. The molecule has 194 valence electrons. The first kappa shape index (κ1) is 26.4. The van der Waals surface area contributed by atoms with Crippen molar-refractivity contribution in [2.24, 2.45) is 5.41 Å². The zero-order valence-electron chi connectivity index (χ0n) is 21.4. The molecule has 0 unspecified atom stereocenters. The van der Waals surface area contributed by atoms with Crippen molar-refractivity contribution in [2.75, 3.05) is 25.0 Å². The molecule has 2 aliphatic rings. The predicted octanol–water partition coefficient (Wildman–Crippen LogP) is 3.81. The fourth-order valence-electron chi connectivity index (χ4n) is 4.93. The number of likely N-dealkylation sites (tertiary alicyclic amines) is 1. The molecule has 3 heterocycles. The zero-order valence-corrected chi connectivity index (χ0v) is 23.5. The predicted molar refractivity (Wildman–Crippen MR) is 147 cm³/mol. The summed E-state index contributed by atoms with van der Waals surface area (Å²) in [6, 6.07) is 6.70. The Balaban J connectivity index is 1.36. The highest BCUT2D eigenvalue weighted by Crippen LogP contribution is 2.26. The Labute approximate surface area is 226 Å². The first-order valence-corrected chi connectivity index (χ1v) is 14.0. The van der Waals surface area contributed by atoms with E-state index in [1.165, 1.54) is 5.56 Å². The van der Waals surface area contributed by atoms with Crippen LogP contribution in [0.3, 0.4) is 0 Å².